The van der Waals surface area contributed by atoms with Gasteiger partial charge >= 0.3 is 0 Å². The largest absolute Gasteiger partial charge is 0.497 e. The number of ether oxygens (including phenoxy) is 2. The van der Waals surface area contributed by atoms with Crippen LogP contribution in [0, 0.1) is 11.3 Å². The van der Waals surface area contributed by atoms with Gasteiger partial charge in [-0.25, -0.2) is 0 Å². The second-order valence-corrected chi connectivity index (χ2v) is 7.66. The number of allylic oxidation sites excluding steroid dienone is 2. The SMILES string of the molecule is C=CCCCCCCCCCOC.COc1ccc(/C(=C(\C#N)C=O)c2ccccc2)cc1. The van der Waals surface area contributed by atoms with Crippen LogP contribution in [0.5, 0.6) is 5.75 Å². The average Bonchev–Trinajstić information content (AvgIpc) is 2.87. The Labute approximate surface area is 199 Å². The Bertz CT molecular complexity index is 864. The Kier molecular flexibility index (Phi) is 15.6. The maximum absolute atomic E-state index is 11.1. The number of hydrogen-bond donors (Lipinski definition) is 0. The lowest BCUT2D eigenvalue weighted by Gasteiger charge is -2.09. The molecular formula is C29H37NO3. The summed E-state index contributed by atoms with van der Waals surface area (Å²) in [5.41, 5.74) is 2.38. The smallest absolute Gasteiger partial charge is 0.161 e. The van der Waals surface area contributed by atoms with Gasteiger partial charge in [-0.1, -0.05) is 80.6 Å². The van der Waals surface area contributed by atoms with E-state index in [4.69, 9.17) is 14.7 Å². The minimum Gasteiger partial charge on any atom is -0.497 e. The van der Waals surface area contributed by atoms with Gasteiger partial charge in [0.05, 0.1) is 7.11 Å². The molecule has 0 aromatic heterocycles. The van der Waals surface area contributed by atoms with Crippen LogP contribution in [-0.4, -0.2) is 27.1 Å². The number of carbonyl (C=O) groups is 1. The van der Waals surface area contributed by atoms with Crippen LogP contribution in [0.4, 0.5) is 0 Å². The predicted molar refractivity (Wildman–Crippen MR) is 136 cm³/mol. The third kappa shape index (κ3) is 11.3. The van der Waals surface area contributed by atoms with Crippen molar-refractivity contribution in [1.82, 2.24) is 0 Å². The van der Waals surface area contributed by atoms with E-state index in [1.165, 1.54) is 51.4 Å². The van der Waals surface area contributed by atoms with Gasteiger partial charge in [0.15, 0.2) is 6.29 Å². The van der Waals surface area contributed by atoms with Crippen molar-refractivity contribution in [3.63, 3.8) is 0 Å². The third-order valence-electron chi connectivity index (χ3n) is 5.21. The van der Waals surface area contributed by atoms with Crippen LogP contribution in [0.25, 0.3) is 5.57 Å². The molecule has 0 heterocycles. The minimum atomic E-state index is 0.112. The van der Waals surface area contributed by atoms with Crippen molar-refractivity contribution in [3.8, 4) is 11.8 Å². The van der Waals surface area contributed by atoms with E-state index in [1.54, 1.807) is 26.4 Å². The van der Waals surface area contributed by atoms with Crippen LogP contribution < -0.4 is 4.74 Å². The number of nitriles is 1. The first kappa shape index (κ1) is 27.9. The number of aldehydes is 1. The monoisotopic (exact) mass is 447 g/mol. The van der Waals surface area contributed by atoms with E-state index in [-0.39, 0.29) is 5.57 Å². The lowest BCUT2D eigenvalue weighted by atomic mass is 9.94. The van der Waals surface area contributed by atoms with Gasteiger partial charge in [-0.05, 0) is 42.5 Å². The van der Waals surface area contributed by atoms with Gasteiger partial charge in [0, 0.05) is 19.3 Å². The average molecular weight is 448 g/mol. The number of unbranched alkanes of at least 4 members (excludes halogenated alkanes) is 7. The summed E-state index contributed by atoms with van der Waals surface area (Å²) >= 11 is 0. The van der Waals surface area contributed by atoms with Gasteiger partial charge in [0.25, 0.3) is 0 Å². The molecule has 176 valence electrons. The van der Waals surface area contributed by atoms with Gasteiger partial charge in [0.2, 0.25) is 0 Å². The number of nitrogens with zero attached hydrogens (tertiary/aromatic N) is 1. The van der Waals surface area contributed by atoms with Crippen LogP contribution in [0.2, 0.25) is 0 Å². The molecule has 2 rings (SSSR count). The van der Waals surface area contributed by atoms with Crippen molar-refractivity contribution in [2.45, 2.75) is 51.4 Å². The second-order valence-electron chi connectivity index (χ2n) is 7.66. The van der Waals surface area contributed by atoms with Crippen LogP contribution in [0.15, 0.2) is 72.8 Å². The molecule has 2 aromatic carbocycles. The topological polar surface area (TPSA) is 59.3 Å². The van der Waals surface area contributed by atoms with E-state index in [9.17, 15) is 4.79 Å². The van der Waals surface area contributed by atoms with E-state index in [0.717, 1.165) is 23.5 Å². The van der Waals surface area contributed by atoms with Crippen LogP contribution in [0.3, 0.4) is 0 Å². The Morgan fingerprint density at radius 2 is 1.45 bits per heavy atom. The van der Waals surface area contributed by atoms with Crippen molar-refractivity contribution in [2.75, 3.05) is 20.8 Å². The van der Waals surface area contributed by atoms with Gasteiger partial charge < -0.3 is 9.47 Å². The molecule has 4 nitrogen and oxygen atoms in total. The number of benzene rings is 2. The predicted octanol–water partition coefficient (Wildman–Crippen LogP) is 7.16. The van der Waals surface area contributed by atoms with E-state index < -0.39 is 0 Å². The maximum Gasteiger partial charge on any atom is 0.161 e. The Hall–Kier alpha value is -3.16. The number of carbonyl (C=O) groups excluding carboxylic acids is 1. The molecule has 0 unspecified atom stereocenters. The molecule has 0 spiro atoms. The lowest BCUT2D eigenvalue weighted by molar-refractivity contribution is -0.104. The summed E-state index contributed by atoms with van der Waals surface area (Å²) in [5.74, 6) is 0.728. The first-order valence-corrected chi connectivity index (χ1v) is 11.6. The third-order valence-corrected chi connectivity index (χ3v) is 5.21. The normalized spacial score (nSPS) is 10.8. The molecule has 0 bridgehead atoms. The molecule has 0 saturated heterocycles. The molecule has 0 atom stereocenters. The maximum atomic E-state index is 11.1. The number of rotatable bonds is 14. The highest BCUT2D eigenvalue weighted by atomic mass is 16.5. The first-order chi connectivity index (χ1) is 16.2. The summed E-state index contributed by atoms with van der Waals surface area (Å²) in [5, 5.41) is 9.16. The molecular weight excluding hydrogens is 410 g/mol. The first-order valence-electron chi connectivity index (χ1n) is 11.6. The molecule has 0 fully saturated rings. The zero-order valence-electron chi connectivity index (χ0n) is 20.1. The Balaban J connectivity index is 0.000000366. The zero-order valence-corrected chi connectivity index (χ0v) is 20.1. The molecule has 0 N–H and O–H groups in total. The van der Waals surface area contributed by atoms with Crippen molar-refractivity contribution in [3.05, 3.63) is 84.0 Å². The second kappa shape index (κ2) is 18.4. The summed E-state index contributed by atoms with van der Waals surface area (Å²) in [7, 11) is 3.37. The van der Waals surface area contributed by atoms with Gasteiger partial charge in [-0.3, -0.25) is 4.79 Å². The quantitative estimate of drug-likeness (QED) is 0.101. The summed E-state index contributed by atoms with van der Waals surface area (Å²) in [6.07, 6.45) is 13.2. The molecule has 0 radical (unpaired) electrons. The van der Waals surface area contributed by atoms with Gasteiger partial charge in [-0.2, -0.15) is 5.26 Å². The van der Waals surface area contributed by atoms with Crippen molar-refractivity contribution < 1.29 is 14.3 Å². The summed E-state index contributed by atoms with van der Waals surface area (Å²) in [6.45, 7) is 4.64. The zero-order chi connectivity index (χ0) is 24.2. The minimum absolute atomic E-state index is 0.112. The van der Waals surface area contributed by atoms with E-state index in [1.807, 2.05) is 54.6 Å². The van der Waals surface area contributed by atoms with Crippen molar-refractivity contribution in [2.24, 2.45) is 0 Å². The molecule has 33 heavy (non-hydrogen) atoms. The van der Waals surface area contributed by atoms with Gasteiger partial charge in [-0.15, -0.1) is 6.58 Å². The summed E-state index contributed by atoms with van der Waals surface area (Å²) < 4.78 is 10.1. The molecule has 4 heteroatoms. The molecule has 0 aliphatic rings. The van der Waals surface area contributed by atoms with Crippen LogP contribution >= 0.6 is 0 Å². The fourth-order valence-corrected chi connectivity index (χ4v) is 3.40. The van der Waals surface area contributed by atoms with Crippen LogP contribution in [0.1, 0.15) is 62.5 Å². The number of hydrogen-bond acceptors (Lipinski definition) is 4. The highest BCUT2D eigenvalue weighted by molar-refractivity contribution is 5.98. The molecule has 0 aliphatic carbocycles. The van der Waals surface area contributed by atoms with E-state index >= 15 is 0 Å². The number of methoxy groups -OCH3 is 2. The fraction of sp³-hybridized carbons (Fsp3) is 0.379. The lowest BCUT2D eigenvalue weighted by Crippen LogP contribution is -1.95. The molecule has 0 aliphatic heterocycles. The highest BCUT2D eigenvalue weighted by Gasteiger charge is 2.11. The fourth-order valence-electron chi connectivity index (χ4n) is 3.40. The Morgan fingerprint density at radius 1 is 0.879 bits per heavy atom. The van der Waals surface area contributed by atoms with Gasteiger partial charge in [0.1, 0.15) is 17.4 Å². The van der Waals surface area contributed by atoms with E-state index in [0.29, 0.717) is 11.9 Å². The van der Waals surface area contributed by atoms with Crippen molar-refractivity contribution >= 4 is 11.9 Å². The summed E-state index contributed by atoms with van der Waals surface area (Å²) in [6, 6.07) is 18.6. The van der Waals surface area contributed by atoms with Crippen molar-refractivity contribution in [1.29, 1.82) is 5.26 Å². The van der Waals surface area contributed by atoms with Crippen LogP contribution in [-0.2, 0) is 9.53 Å². The standard InChI is InChI=1S/C17H13NO2.C12H24O/c1-20-16-9-7-14(8-10-16)17(15(11-18)12-19)13-5-3-2-4-6-13;1-3-4-5-6-7-8-9-10-11-12-13-2/h2-10,12H,1H3;3H,1,4-12H2,2H3/b17-15+;. The summed E-state index contributed by atoms with van der Waals surface area (Å²) in [4.78, 5) is 11.1. The molecule has 0 amide bonds. The van der Waals surface area contributed by atoms with E-state index in [2.05, 4.69) is 6.58 Å². The molecule has 2 aromatic rings. The molecule has 0 saturated carbocycles. The highest BCUT2D eigenvalue weighted by Crippen LogP contribution is 2.27. The Morgan fingerprint density at radius 3 is 1.97 bits per heavy atom.